The molecule has 0 aliphatic carbocycles. The van der Waals surface area contributed by atoms with Gasteiger partial charge < -0.3 is 0 Å². The molecule has 0 fully saturated rings. The van der Waals surface area contributed by atoms with Gasteiger partial charge >= 0.3 is 0 Å². The number of halogens is 1. The first-order valence-corrected chi connectivity index (χ1v) is 4.46. The summed E-state index contributed by atoms with van der Waals surface area (Å²) in [6.07, 6.45) is 1.16. The van der Waals surface area contributed by atoms with Crippen molar-refractivity contribution < 1.29 is 9.72 Å². The first kappa shape index (κ1) is 10.6. The quantitative estimate of drug-likeness (QED) is 0.361. The van der Waals surface area contributed by atoms with Crippen LogP contribution < -0.4 is 0 Å². The Morgan fingerprint density at radius 1 is 1.57 bits per heavy atom. The third kappa shape index (κ3) is 2.05. The van der Waals surface area contributed by atoms with Crippen LogP contribution in [0.2, 0.25) is 0 Å². The van der Waals surface area contributed by atoms with Gasteiger partial charge in [-0.3, -0.25) is 14.9 Å². The maximum absolute atomic E-state index is 11.2. The SMILES string of the molecule is C=CC(=O)c1ccc([N+](=O)[O-])cc1Br. The predicted molar refractivity (Wildman–Crippen MR) is 55.3 cm³/mol. The minimum atomic E-state index is -0.521. The number of ketones is 1. The summed E-state index contributed by atoms with van der Waals surface area (Å²) in [6, 6.07) is 3.96. The van der Waals surface area contributed by atoms with Gasteiger partial charge in [0.25, 0.3) is 5.69 Å². The van der Waals surface area contributed by atoms with Gasteiger partial charge in [0.05, 0.1) is 4.92 Å². The van der Waals surface area contributed by atoms with Crippen molar-refractivity contribution in [2.45, 2.75) is 0 Å². The number of non-ortho nitro benzene ring substituents is 1. The van der Waals surface area contributed by atoms with Gasteiger partial charge in [-0.1, -0.05) is 6.58 Å². The summed E-state index contributed by atoms with van der Waals surface area (Å²) in [5, 5.41) is 10.4. The molecule has 0 saturated heterocycles. The Balaban J connectivity index is 3.20. The maximum Gasteiger partial charge on any atom is 0.270 e. The van der Waals surface area contributed by atoms with Crippen LogP contribution in [0.4, 0.5) is 5.69 Å². The molecule has 0 bridgehead atoms. The summed E-state index contributed by atoms with van der Waals surface area (Å²) >= 11 is 3.08. The number of hydrogen-bond donors (Lipinski definition) is 0. The van der Waals surface area contributed by atoms with Crippen LogP contribution in [-0.4, -0.2) is 10.7 Å². The Kier molecular flexibility index (Phi) is 3.14. The lowest BCUT2D eigenvalue weighted by Gasteiger charge is -1.99. The molecule has 1 aromatic carbocycles. The highest BCUT2D eigenvalue weighted by molar-refractivity contribution is 9.10. The van der Waals surface area contributed by atoms with Crippen molar-refractivity contribution >= 4 is 27.4 Å². The van der Waals surface area contributed by atoms with Crippen LogP contribution in [0.15, 0.2) is 35.3 Å². The van der Waals surface area contributed by atoms with Crippen LogP contribution in [0.25, 0.3) is 0 Å². The fourth-order valence-electron chi connectivity index (χ4n) is 0.927. The van der Waals surface area contributed by atoms with Gasteiger partial charge in [0.2, 0.25) is 0 Å². The fourth-order valence-corrected chi connectivity index (χ4v) is 1.49. The van der Waals surface area contributed by atoms with Gasteiger partial charge in [-0.15, -0.1) is 0 Å². The molecule has 5 heteroatoms. The van der Waals surface area contributed by atoms with E-state index in [0.29, 0.717) is 10.0 Å². The minimum Gasteiger partial charge on any atom is -0.289 e. The van der Waals surface area contributed by atoms with Crippen molar-refractivity contribution in [1.82, 2.24) is 0 Å². The molecule has 0 unspecified atom stereocenters. The van der Waals surface area contributed by atoms with Crippen molar-refractivity contribution in [3.8, 4) is 0 Å². The molecule has 0 N–H and O–H groups in total. The largest absolute Gasteiger partial charge is 0.289 e. The number of carbonyl (C=O) groups is 1. The zero-order valence-electron chi connectivity index (χ0n) is 7.07. The molecule has 0 heterocycles. The van der Waals surface area contributed by atoms with E-state index in [1.807, 2.05) is 0 Å². The van der Waals surface area contributed by atoms with E-state index in [2.05, 4.69) is 22.5 Å². The zero-order valence-corrected chi connectivity index (χ0v) is 8.65. The van der Waals surface area contributed by atoms with Crippen LogP contribution in [0.1, 0.15) is 10.4 Å². The predicted octanol–water partition coefficient (Wildman–Crippen LogP) is 2.73. The molecule has 0 saturated carbocycles. The average Bonchev–Trinajstić information content (AvgIpc) is 2.16. The Labute approximate surface area is 88.5 Å². The van der Waals surface area contributed by atoms with Gasteiger partial charge in [-0.25, -0.2) is 0 Å². The molecule has 0 aliphatic rings. The first-order chi connectivity index (χ1) is 6.56. The molecule has 4 nitrogen and oxygen atoms in total. The molecule has 1 rings (SSSR count). The molecule has 0 amide bonds. The van der Waals surface area contributed by atoms with E-state index in [1.54, 1.807) is 0 Å². The number of carbonyl (C=O) groups excluding carboxylic acids is 1. The fraction of sp³-hybridized carbons (Fsp3) is 0. The highest BCUT2D eigenvalue weighted by Gasteiger charge is 2.11. The van der Waals surface area contributed by atoms with Crippen molar-refractivity contribution in [3.63, 3.8) is 0 Å². The Hall–Kier alpha value is -1.49. The van der Waals surface area contributed by atoms with E-state index in [1.165, 1.54) is 18.2 Å². The average molecular weight is 256 g/mol. The highest BCUT2D eigenvalue weighted by atomic mass is 79.9. The van der Waals surface area contributed by atoms with Crippen LogP contribution in [0.3, 0.4) is 0 Å². The van der Waals surface area contributed by atoms with Gasteiger partial charge in [0, 0.05) is 22.2 Å². The number of nitrogens with zero attached hydrogens (tertiary/aromatic N) is 1. The van der Waals surface area contributed by atoms with Crippen LogP contribution in [0, 0.1) is 10.1 Å². The Morgan fingerprint density at radius 3 is 2.64 bits per heavy atom. The van der Waals surface area contributed by atoms with E-state index in [9.17, 15) is 14.9 Å². The standard InChI is InChI=1S/C9H6BrNO3/c1-2-9(12)7-4-3-6(11(13)14)5-8(7)10/h2-5H,1H2. The molecule has 0 radical (unpaired) electrons. The number of hydrogen-bond acceptors (Lipinski definition) is 3. The summed E-state index contributed by atoms with van der Waals surface area (Å²) in [5.74, 6) is -0.272. The molecular weight excluding hydrogens is 250 g/mol. The molecule has 0 aromatic heterocycles. The van der Waals surface area contributed by atoms with Crippen molar-refractivity contribution in [3.05, 3.63) is 51.0 Å². The minimum absolute atomic E-state index is 0.0579. The molecular formula is C9H6BrNO3. The van der Waals surface area contributed by atoms with E-state index in [-0.39, 0.29) is 11.5 Å². The van der Waals surface area contributed by atoms with Crippen molar-refractivity contribution in [2.75, 3.05) is 0 Å². The van der Waals surface area contributed by atoms with Gasteiger partial charge in [0.1, 0.15) is 0 Å². The third-order valence-electron chi connectivity index (χ3n) is 1.61. The number of nitro benzene ring substituents is 1. The Morgan fingerprint density at radius 2 is 2.21 bits per heavy atom. The first-order valence-electron chi connectivity index (χ1n) is 3.67. The van der Waals surface area contributed by atoms with E-state index in [4.69, 9.17) is 0 Å². The van der Waals surface area contributed by atoms with Gasteiger partial charge in [0.15, 0.2) is 5.78 Å². The third-order valence-corrected chi connectivity index (χ3v) is 2.27. The normalized spacial score (nSPS) is 9.50. The highest BCUT2D eigenvalue weighted by Crippen LogP contribution is 2.23. The topological polar surface area (TPSA) is 60.2 Å². The van der Waals surface area contributed by atoms with E-state index in [0.717, 1.165) is 6.08 Å². The lowest BCUT2D eigenvalue weighted by molar-refractivity contribution is -0.384. The summed E-state index contributed by atoms with van der Waals surface area (Å²) in [6.45, 7) is 3.33. The molecule has 72 valence electrons. The number of benzene rings is 1. The molecule has 14 heavy (non-hydrogen) atoms. The van der Waals surface area contributed by atoms with Crippen LogP contribution in [-0.2, 0) is 0 Å². The van der Waals surface area contributed by atoms with Crippen LogP contribution in [0.5, 0.6) is 0 Å². The second kappa shape index (κ2) is 4.15. The second-order valence-corrected chi connectivity index (χ2v) is 3.34. The summed E-state index contributed by atoms with van der Waals surface area (Å²) in [5.41, 5.74) is 0.308. The molecule has 0 atom stereocenters. The summed E-state index contributed by atoms with van der Waals surface area (Å²) in [7, 11) is 0. The number of rotatable bonds is 3. The summed E-state index contributed by atoms with van der Waals surface area (Å²) in [4.78, 5) is 21.1. The van der Waals surface area contributed by atoms with E-state index >= 15 is 0 Å². The Bertz CT molecular complexity index is 415. The monoisotopic (exact) mass is 255 g/mol. The maximum atomic E-state index is 11.2. The number of nitro groups is 1. The zero-order chi connectivity index (χ0) is 10.7. The molecule has 1 aromatic rings. The lowest BCUT2D eigenvalue weighted by Crippen LogP contribution is -1.96. The van der Waals surface area contributed by atoms with Crippen LogP contribution >= 0.6 is 15.9 Å². The second-order valence-electron chi connectivity index (χ2n) is 2.49. The lowest BCUT2D eigenvalue weighted by atomic mass is 10.1. The smallest absolute Gasteiger partial charge is 0.270 e. The van der Waals surface area contributed by atoms with Gasteiger partial charge in [-0.2, -0.15) is 0 Å². The van der Waals surface area contributed by atoms with Crippen molar-refractivity contribution in [2.24, 2.45) is 0 Å². The van der Waals surface area contributed by atoms with Gasteiger partial charge in [-0.05, 0) is 28.1 Å². The number of allylic oxidation sites excluding steroid dienone is 1. The molecule has 0 aliphatic heterocycles. The van der Waals surface area contributed by atoms with E-state index < -0.39 is 4.92 Å². The molecule has 0 spiro atoms. The van der Waals surface area contributed by atoms with Crippen molar-refractivity contribution in [1.29, 1.82) is 0 Å². The summed E-state index contributed by atoms with van der Waals surface area (Å²) < 4.78 is 0.400.